The summed E-state index contributed by atoms with van der Waals surface area (Å²) in [7, 11) is 0. The molecule has 0 N–H and O–H groups in total. The van der Waals surface area contributed by atoms with E-state index in [-0.39, 0.29) is 5.41 Å². The van der Waals surface area contributed by atoms with Crippen molar-refractivity contribution in [1.29, 1.82) is 0 Å². The van der Waals surface area contributed by atoms with Crippen molar-refractivity contribution in [2.45, 2.75) is 12.3 Å². The van der Waals surface area contributed by atoms with Crippen molar-refractivity contribution < 1.29 is 0 Å². The molecule has 0 fully saturated rings. The number of rotatable bonds is 0. The molecule has 1 aromatic heterocycles. The Morgan fingerprint density at radius 2 is 1.06 bits per heavy atom. The number of aryl methyl sites for hydroxylation is 1. The average Bonchev–Trinajstić information content (AvgIpc) is 3.49. The third-order valence-electron chi connectivity index (χ3n) is 7.82. The summed E-state index contributed by atoms with van der Waals surface area (Å²) >= 11 is 1.96. The van der Waals surface area contributed by atoms with Gasteiger partial charge in [-0.05, 0) is 51.4 Å². The predicted molar refractivity (Wildman–Crippen MR) is 140 cm³/mol. The van der Waals surface area contributed by atoms with Gasteiger partial charge in [0.1, 0.15) is 0 Å². The van der Waals surface area contributed by atoms with Crippen molar-refractivity contribution in [2.24, 2.45) is 0 Å². The van der Waals surface area contributed by atoms with E-state index in [1.54, 1.807) is 0 Å². The van der Waals surface area contributed by atoms with Crippen LogP contribution in [0.25, 0.3) is 42.4 Å². The Balaban J connectivity index is 1.62. The van der Waals surface area contributed by atoms with Crippen LogP contribution in [0.5, 0.6) is 0 Å². The lowest BCUT2D eigenvalue weighted by Gasteiger charge is -2.30. The van der Waals surface area contributed by atoms with Gasteiger partial charge in [-0.2, -0.15) is 0 Å². The maximum atomic E-state index is 2.42. The van der Waals surface area contributed by atoms with Crippen molar-refractivity contribution in [1.82, 2.24) is 0 Å². The van der Waals surface area contributed by atoms with E-state index in [2.05, 4.69) is 110 Å². The van der Waals surface area contributed by atoms with Crippen molar-refractivity contribution in [2.75, 3.05) is 0 Å². The van der Waals surface area contributed by atoms with Gasteiger partial charge >= 0.3 is 0 Å². The second-order valence-electron chi connectivity index (χ2n) is 9.31. The fourth-order valence-electron chi connectivity index (χ4n) is 6.57. The van der Waals surface area contributed by atoms with Crippen LogP contribution in [0.15, 0.2) is 103 Å². The molecular formula is C32H20S. The molecule has 1 spiro atoms. The lowest BCUT2D eigenvalue weighted by atomic mass is 9.70. The minimum Gasteiger partial charge on any atom is -0.134 e. The van der Waals surface area contributed by atoms with Crippen LogP contribution in [0.3, 0.4) is 0 Å². The lowest BCUT2D eigenvalue weighted by Crippen LogP contribution is -2.25. The normalized spacial score (nSPS) is 14.5. The smallest absolute Gasteiger partial charge is 0.0726 e. The highest BCUT2D eigenvalue weighted by Crippen LogP contribution is 2.64. The van der Waals surface area contributed by atoms with Gasteiger partial charge < -0.3 is 0 Å². The van der Waals surface area contributed by atoms with Crippen molar-refractivity contribution >= 4 is 31.5 Å². The third kappa shape index (κ3) is 1.95. The maximum absolute atomic E-state index is 2.42. The van der Waals surface area contributed by atoms with E-state index in [1.807, 2.05) is 11.3 Å². The topological polar surface area (TPSA) is 0 Å². The first-order chi connectivity index (χ1) is 16.3. The largest absolute Gasteiger partial charge is 0.134 e. The van der Waals surface area contributed by atoms with Crippen LogP contribution in [-0.4, -0.2) is 0 Å². The van der Waals surface area contributed by atoms with Crippen molar-refractivity contribution in [3.8, 4) is 22.3 Å². The van der Waals surface area contributed by atoms with Gasteiger partial charge in [0.05, 0.1) is 5.41 Å². The Kier molecular flexibility index (Phi) is 3.24. The molecule has 154 valence electrons. The highest BCUT2D eigenvalue weighted by molar-refractivity contribution is 7.26. The number of benzene rings is 5. The molecule has 5 aromatic carbocycles. The number of fused-ring (bicyclic) bond motifs is 14. The van der Waals surface area contributed by atoms with E-state index in [9.17, 15) is 0 Å². The Morgan fingerprint density at radius 1 is 0.485 bits per heavy atom. The summed E-state index contributed by atoms with van der Waals surface area (Å²) < 4.78 is 2.83. The molecule has 1 heterocycles. The van der Waals surface area contributed by atoms with E-state index in [1.165, 1.54) is 70.2 Å². The maximum Gasteiger partial charge on any atom is 0.0726 e. The van der Waals surface area contributed by atoms with Gasteiger partial charge in [0, 0.05) is 25.7 Å². The zero-order valence-electron chi connectivity index (χ0n) is 18.2. The first kappa shape index (κ1) is 17.8. The first-order valence-corrected chi connectivity index (χ1v) is 12.4. The van der Waals surface area contributed by atoms with Gasteiger partial charge in [-0.15, -0.1) is 11.3 Å². The Labute approximate surface area is 196 Å². The number of hydrogen-bond acceptors (Lipinski definition) is 1. The zero-order chi connectivity index (χ0) is 21.7. The van der Waals surface area contributed by atoms with Gasteiger partial charge in [0.15, 0.2) is 0 Å². The van der Waals surface area contributed by atoms with E-state index < -0.39 is 0 Å². The number of thiophene rings is 1. The molecule has 0 saturated heterocycles. The summed E-state index contributed by atoms with van der Waals surface area (Å²) in [4.78, 5) is 0. The molecule has 0 saturated carbocycles. The molecule has 0 aliphatic heterocycles. The Hall–Kier alpha value is -3.68. The molecule has 0 unspecified atom stereocenters. The van der Waals surface area contributed by atoms with Gasteiger partial charge in [-0.3, -0.25) is 0 Å². The summed E-state index contributed by atoms with van der Waals surface area (Å²) in [5.74, 6) is 0. The second-order valence-corrected chi connectivity index (χ2v) is 10.3. The summed E-state index contributed by atoms with van der Waals surface area (Å²) in [6.07, 6.45) is 0. The minimum atomic E-state index is -0.251. The molecule has 0 bridgehead atoms. The summed E-state index contributed by atoms with van der Waals surface area (Å²) in [5, 5.41) is 2.76. The zero-order valence-corrected chi connectivity index (χ0v) is 19.0. The predicted octanol–water partition coefficient (Wildman–Crippen LogP) is 8.71. The molecule has 8 rings (SSSR count). The molecule has 2 aliphatic carbocycles. The highest BCUT2D eigenvalue weighted by atomic mass is 32.1. The van der Waals surface area contributed by atoms with E-state index in [0.717, 1.165) is 0 Å². The van der Waals surface area contributed by atoms with Gasteiger partial charge in [-0.25, -0.2) is 0 Å². The molecule has 6 aromatic rings. The quantitative estimate of drug-likeness (QED) is 0.223. The van der Waals surface area contributed by atoms with Crippen LogP contribution in [0.1, 0.15) is 27.8 Å². The summed E-state index contributed by atoms with van der Waals surface area (Å²) in [5.41, 5.74) is 12.3. The third-order valence-corrected chi connectivity index (χ3v) is 9.19. The molecule has 33 heavy (non-hydrogen) atoms. The van der Waals surface area contributed by atoms with Crippen molar-refractivity contribution in [3.63, 3.8) is 0 Å². The van der Waals surface area contributed by atoms with Crippen LogP contribution in [0, 0.1) is 6.92 Å². The van der Waals surface area contributed by atoms with Crippen LogP contribution >= 0.6 is 11.3 Å². The van der Waals surface area contributed by atoms with Gasteiger partial charge in [0.2, 0.25) is 0 Å². The number of hydrogen-bond donors (Lipinski definition) is 0. The van der Waals surface area contributed by atoms with Crippen LogP contribution in [-0.2, 0) is 5.41 Å². The molecule has 0 amide bonds. The van der Waals surface area contributed by atoms with Crippen LogP contribution in [0.4, 0.5) is 0 Å². The SMILES string of the molecule is Cc1cccc2c1sc1c3c(ccc12)C1(c2ccccc2-c2ccccc21)c1ccccc1-3. The average molecular weight is 437 g/mol. The molecule has 0 radical (unpaired) electrons. The molecular weight excluding hydrogens is 416 g/mol. The second kappa shape index (κ2) is 6.01. The van der Waals surface area contributed by atoms with E-state index in [4.69, 9.17) is 0 Å². The fourth-order valence-corrected chi connectivity index (χ4v) is 7.90. The van der Waals surface area contributed by atoms with Gasteiger partial charge in [0.25, 0.3) is 0 Å². The van der Waals surface area contributed by atoms with Crippen molar-refractivity contribution in [3.05, 3.63) is 131 Å². The highest BCUT2D eigenvalue weighted by Gasteiger charge is 2.51. The molecule has 0 atom stereocenters. The first-order valence-electron chi connectivity index (χ1n) is 11.5. The molecule has 1 heteroatoms. The van der Waals surface area contributed by atoms with Crippen LogP contribution < -0.4 is 0 Å². The fraction of sp³-hybridized carbons (Fsp3) is 0.0625. The van der Waals surface area contributed by atoms with E-state index in [0.29, 0.717) is 0 Å². The van der Waals surface area contributed by atoms with Crippen LogP contribution in [0.2, 0.25) is 0 Å². The monoisotopic (exact) mass is 436 g/mol. The molecule has 2 aliphatic rings. The van der Waals surface area contributed by atoms with Gasteiger partial charge in [-0.1, -0.05) is 103 Å². The summed E-state index contributed by atoms with van der Waals surface area (Å²) in [6, 6.07) is 38.7. The molecule has 0 nitrogen and oxygen atoms in total. The minimum absolute atomic E-state index is 0.251. The Morgan fingerprint density at radius 3 is 1.76 bits per heavy atom. The standard InChI is InChI=1S/C32H20S/c1-19-9-8-13-22-23-17-18-28-29(31(23)33-30(19)22)24-12-4-7-16-27(24)32(28)25-14-5-2-10-20(25)21-11-3-6-15-26(21)32/h2-18H,1H3. The lowest BCUT2D eigenvalue weighted by molar-refractivity contribution is 0.794. The summed E-state index contributed by atoms with van der Waals surface area (Å²) in [6.45, 7) is 2.23. The van der Waals surface area contributed by atoms with E-state index >= 15 is 0 Å². The Bertz CT molecular complexity index is 1740.